The number of benzene rings is 1. The van der Waals surface area contributed by atoms with Gasteiger partial charge in [-0.1, -0.05) is 18.2 Å². The van der Waals surface area contributed by atoms with E-state index in [4.69, 9.17) is 0 Å². The second kappa shape index (κ2) is 9.62. The minimum Gasteiger partial charge on any atom is -0.368 e. The van der Waals surface area contributed by atoms with Crippen LogP contribution in [-0.4, -0.2) is 54.5 Å². The average Bonchev–Trinajstić information content (AvgIpc) is 2.59. The Hall–Kier alpha value is -2.47. The van der Waals surface area contributed by atoms with Gasteiger partial charge in [0.05, 0.1) is 0 Å². The van der Waals surface area contributed by atoms with E-state index in [1.54, 1.807) is 18.3 Å². The fourth-order valence-electron chi connectivity index (χ4n) is 2.23. The largest absolute Gasteiger partial charge is 0.368 e. The zero-order valence-electron chi connectivity index (χ0n) is 14.3. The van der Waals surface area contributed by atoms with Crippen LogP contribution in [0.2, 0.25) is 0 Å². The van der Waals surface area contributed by atoms with Crippen LogP contribution in [0.15, 0.2) is 42.6 Å². The lowest BCUT2D eigenvalue weighted by atomic mass is 10.2. The first-order chi connectivity index (χ1) is 11.6. The van der Waals surface area contributed by atoms with E-state index < -0.39 is 0 Å². The van der Waals surface area contributed by atoms with Crippen molar-refractivity contribution in [1.82, 2.24) is 20.2 Å². The SMILES string of the molecule is CN(C)CCCc1nccc(NCCNC(=O)c2ccccc2)n1. The number of anilines is 1. The molecule has 0 atom stereocenters. The molecule has 24 heavy (non-hydrogen) atoms. The summed E-state index contributed by atoms with van der Waals surface area (Å²) in [6, 6.07) is 11.0. The van der Waals surface area contributed by atoms with E-state index >= 15 is 0 Å². The van der Waals surface area contributed by atoms with Crippen LogP contribution in [0.4, 0.5) is 5.82 Å². The van der Waals surface area contributed by atoms with E-state index in [-0.39, 0.29) is 5.91 Å². The van der Waals surface area contributed by atoms with Crippen LogP contribution in [0, 0.1) is 0 Å². The molecule has 0 aliphatic rings. The summed E-state index contributed by atoms with van der Waals surface area (Å²) in [5.74, 6) is 1.57. The predicted molar refractivity (Wildman–Crippen MR) is 96.2 cm³/mol. The molecule has 0 fully saturated rings. The molecule has 1 aromatic heterocycles. The summed E-state index contributed by atoms with van der Waals surface area (Å²) in [4.78, 5) is 22.8. The number of carbonyl (C=O) groups excluding carboxylic acids is 1. The molecular weight excluding hydrogens is 302 g/mol. The molecule has 2 rings (SSSR count). The Morgan fingerprint density at radius 1 is 1.12 bits per heavy atom. The van der Waals surface area contributed by atoms with Crippen LogP contribution in [0.3, 0.4) is 0 Å². The lowest BCUT2D eigenvalue weighted by molar-refractivity contribution is 0.0955. The molecule has 0 radical (unpaired) electrons. The van der Waals surface area contributed by atoms with Gasteiger partial charge in [0.15, 0.2) is 0 Å². The Balaban J connectivity index is 1.71. The molecule has 1 aromatic carbocycles. The molecule has 6 nitrogen and oxygen atoms in total. The predicted octanol–water partition coefficient (Wildman–Crippen LogP) is 1.81. The Labute approximate surface area is 143 Å². The van der Waals surface area contributed by atoms with Crippen LogP contribution < -0.4 is 10.6 Å². The zero-order valence-corrected chi connectivity index (χ0v) is 14.3. The lowest BCUT2D eigenvalue weighted by Gasteiger charge is -2.10. The number of nitrogens with one attached hydrogen (secondary N) is 2. The Kier molecular flexibility index (Phi) is 7.17. The van der Waals surface area contributed by atoms with Crippen molar-refractivity contribution >= 4 is 11.7 Å². The highest BCUT2D eigenvalue weighted by molar-refractivity contribution is 5.94. The van der Waals surface area contributed by atoms with Crippen LogP contribution in [-0.2, 0) is 6.42 Å². The van der Waals surface area contributed by atoms with Crippen molar-refractivity contribution in [2.24, 2.45) is 0 Å². The second-order valence-electron chi connectivity index (χ2n) is 5.81. The monoisotopic (exact) mass is 327 g/mol. The van der Waals surface area contributed by atoms with Crippen molar-refractivity contribution in [3.8, 4) is 0 Å². The van der Waals surface area contributed by atoms with Crippen molar-refractivity contribution in [2.45, 2.75) is 12.8 Å². The van der Waals surface area contributed by atoms with Crippen molar-refractivity contribution in [3.63, 3.8) is 0 Å². The molecule has 2 aromatic rings. The average molecular weight is 327 g/mol. The Bertz CT molecular complexity index is 630. The van der Waals surface area contributed by atoms with Gasteiger partial charge in [-0.2, -0.15) is 0 Å². The summed E-state index contributed by atoms with van der Waals surface area (Å²) in [6.45, 7) is 2.17. The number of nitrogens with zero attached hydrogens (tertiary/aromatic N) is 3. The van der Waals surface area contributed by atoms with Gasteiger partial charge < -0.3 is 15.5 Å². The maximum Gasteiger partial charge on any atom is 0.251 e. The highest BCUT2D eigenvalue weighted by Crippen LogP contribution is 2.04. The molecule has 128 valence electrons. The van der Waals surface area contributed by atoms with Gasteiger partial charge in [0, 0.05) is 31.3 Å². The van der Waals surface area contributed by atoms with Crippen LogP contribution in [0.5, 0.6) is 0 Å². The smallest absolute Gasteiger partial charge is 0.251 e. The summed E-state index contributed by atoms with van der Waals surface area (Å²) in [5, 5.41) is 6.10. The maximum atomic E-state index is 11.9. The van der Waals surface area contributed by atoms with Crippen molar-refractivity contribution in [2.75, 3.05) is 39.0 Å². The molecule has 1 amide bonds. The highest BCUT2D eigenvalue weighted by Gasteiger charge is 2.03. The molecule has 2 N–H and O–H groups in total. The lowest BCUT2D eigenvalue weighted by Crippen LogP contribution is -2.28. The van der Waals surface area contributed by atoms with Crippen molar-refractivity contribution in [3.05, 3.63) is 54.0 Å². The second-order valence-corrected chi connectivity index (χ2v) is 5.81. The summed E-state index contributed by atoms with van der Waals surface area (Å²) in [6.07, 6.45) is 3.66. The zero-order chi connectivity index (χ0) is 17.2. The van der Waals surface area contributed by atoms with E-state index in [0.717, 1.165) is 31.0 Å². The Morgan fingerprint density at radius 2 is 1.92 bits per heavy atom. The van der Waals surface area contributed by atoms with Gasteiger partial charge in [-0.3, -0.25) is 4.79 Å². The van der Waals surface area contributed by atoms with Gasteiger partial charge in [0.1, 0.15) is 11.6 Å². The standard InChI is InChI=1S/C18H25N5O/c1-23(2)14-6-9-16-19-11-10-17(22-16)20-12-13-21-18(24)15-7-4-3-5-8-15/h3-5,7-8,10-11H,6,9,12-14H2,1-2H3,(H,21,24)(H,19,20,22). The fraction of sp³-hybridized carbons (Fsp3) is 0.389. The summed E-state index contributed by atoms with van der Waals surface area (Å²) < 4.78 is 0. The minimum absolute atomic E-state index is 0.0653. The molecule has 0 unspecified atom stereocenters. The molecular formula is C18H25N5O. The number of aryl methyl sites for hydroxylation is 1. The third-order valence-corrected chi connectivity index (χ3v) is 3.46. The Morgan fingerprint density at radius 3 is 2.67 bits per heavy atom. The molecule has 0 aliphatic carbocycles. The number of hydrogen-bond acceptors (Lipinski definition) is 5. The van der Waals surface area contributed by atoms with Crippen LogP contribution >= 0.6 is 0 Å². The van der Waals surface area contributed by atoms with Crippen molar-refractivity contribution in [1.29, 1.82) is 0 Å². The van der Waals surface area contributed by atoms with E-state index in [1.165, 1.54) is 0 Å². The molecule has 1 heterocycles. The van der Waals surface area contributed by atoms with Crippen LogP contribution in [0.25, 0.3) is 0 Å². The minimum atomic E-state index is -0.0653. The number of amides is 1. The number of carbonyl (C=O) groups is 1. The van der Waals surface area contributed by atoms with Gasteiger partial charge in [0.25, 0.3) is 5.91 Å². The maximum absolute atomic E-state index is 11.9. The van der Waals surface area contributed by atoms with Gasteiger partial charge in [-0.25, -0.2) is 9.97 Å². The van der Waals surface area contributed by atoms with Gasteiger partial charge in [-0.05, 0) is 45.3 Å². The number of hydrogen-bond donors (Lipinski definition) is 2. The molecule has 6 heteroatoms. The number of aromatic nitrogens is 2. The molecule has 0 spiro atoms. The van der Waals surface area contributed by atoms with E-state index in [1.807, 2.05) is 24.3 Å². The number of rotatable bonds is 9. The molecule has 0 saturated heterocycles. The summed E-state index contributed by atoms with van der Waals surface area (Å²) >= 11 is 0. The van der Waals surface area contributed by atoms with E-state index in [9.17, 15) is 4.79 Å². The molecule has 0 saturated carbocycles. The van der Waals surface area contributed by atoms with Gasteiger partial charge >= 0.3 is 0 Å². The fourth-order valence-corrected chi connectivity index (χ4v) is 2.23. The van der Waals surface area contributed by atoms with Crippen LogP contribution in [0.1, 0.15) is 22.6 Å². The van der Waals surface area contributed by atoms with E-state index in [0.29, 0.717) is 18.7 Å². The highest BCUT2D eigenvalue weighted by atomic mass is 16.1. The van der Waals surface area contributed by atoms with Gasteiger partial charge in [-0.15, -0.1) is 0 Å². The first-order valence-electron chi connectivity index (χ1n) is 8.19. The van der Waals surface area contributed by atoms with E-state index in [2.05, 4.69) is 39.6 Å². The quantitative estimate of drug-likeness (QED) is 0.688. The normalized spacial score (nSPS) is 10.6. The molecule has 0 aliphatic heterocycles. The third-order valence-electron chi connectivity index (χ3n) is 3.46. The topological polar surface area (TPSA) is 70.2 Å². The third kappa shape index (κ3) is 6.34. The first-order valence-corrected chi connectivity index (χ1v) is 8.19. The summed E-state index contributed by atoms with van der Waals surface area (Å²) in [7, 11) is 4.12. The van der Waals surface area contributed by atoms with Gasteiger partial charge in [0.2, 0.25) is 0 Å². The summed E-state index contributed by atoms with van der Waals surface area (Å²) in [5.41, 5.74) is 0.669. The molecule has 0 bridgehead atoms. The van der Waals surface area contributed by atoms with Crippen molar-refractivity contribution < 1.29 is 4.79 Å². The first kappa shape index (κ1) is 17.9.